The van der Waals surface area contributed by atoms with Crippen molar-refractivity contribution < 1.29 is 19.1 Å². The minimum absolute atomic E-state index is 0.0639. The van der Waals surface area contributed by atoms with Crippen molar-refractivity contribution in [1.82, 2.24) is 5.32 Å². The van der Waals surface area contributed by atoms with Crippen molar-refractivity contribution in [2.45, 2.75) is 19.8 Å². The lowest BCUT2D eigenvalue weighted by Gasteiger charge is -2.35. The molecule has 2 N–H and O–H groups in total. The summed E-state index contributed by atoms with van der Waals surface area (Å²) in [6, 6.07) is 5.14. The Balaban J connectivity index is 2.22. The maximum Gasteiger partial charge on any atom is 0.337 e. The van der Waals surface area contributed by atoms with Crippen molar-refractivity contribution >= 4 is 17.6 Å². The number of rotatable bonds is 5. The van der Waals surface area contributed by atoms with Crippen LogP contribution in [-0.4, -0.2) is 45.8 Å². The number of hydrogen-bond acceptors (Lipinski definition) is 5. The second-order valence-electron chi connectivity index (χ2n) is 5.94. The summed E-state index contributed by atoms with van der Waals surface area (Å²) in [5.41, 5.74) is 1.41. The monoisotopic (exact) mass is 320 g/mol. The lowest BCUT2D eigenvalue weighted by atomic mass is 9.78. The van der Waals surface area contributed by atoms with Gasteiger partial charge in [0.05, 0.1) is 24.7 Å². The summed E-state index contributed by atoms with van der Waals surface area (Å²) in [5.74, 6) is -0.486. The Labute approximate surface area is 136 Å². The van der Waals surface area contributed by atoms with Gasteiger partial charge < -0.3 is 20.1 Å². The minimum atomic E-state index is -0.534. The van der Waals surface area contributed by atoms with Gasteiger partial charge in [0.15, 0.2) is 0 Å². The number of hydrogen-bond donors (Lipinski definition) is 2. The number of carbonyl (C=O) groups is 2. The zero-order valence-electron chi connectivity index (χ0n) is 13.9. The largest absolute Gasteiger partial charge is 0.465 e. The zero-order chi connectivity index (χ0) is 16.9. The molecule has 0 aliphatic carbocycles. The highest BCUT2D eigenvalue weighted by molar-refractivity contribution is 5.98. The Bertz CT molecular complexity index is 574. The average molecular weight is 320 g/mol. The number of nitrogens with one attached hydrogen (secondary N) is 2. The number of benzene rings is 1. The van der Waals surface area contributed by atoms with Gasteiger partial charge in [0.2, 0.25) is 5.91 Å². The molecule has 1 heterocycles. The molecule has 0 unspecified atom stereocenters. The molecule has 1 aromatic rings. The summed E-state index contributed by atoms with van der Waals surface area (Å²) in [6.45, 7) is 3.86. The minimum Gasteiger partial charge on any atom is -0.465 e. The number of aryl methyl sites for hydroxylation is 1. The van der Waals surface area contributed by atoms with Gasteiger partial charge in [-0.1, -0.05) is 6.07 Å². The van der Waals surface area contributed by atoms with Gasteiger partial charge in [-0.15, -0.1) is 0 Å². The van der Waals surface area contributed by atoms with Gasteiger partial charge in [-0.25, -0.2) is 4.79 Å². The topological polar surface area (TPSA) is 76.7 Å². The molecule has 6 nitrogen and oxygen atoms in total. The molecule has 0 saturated carbocycles. The molecule has 1 aromatic carbocycles. The van der Waals surface area contributed by atoms with Gasteiger partial charge in [-0.3, -0.25) is 4.79 Å². The van der Waals surface area contributed by atoms with Crippen LogP contribution in [0, 0.1) is 12.3 Å². The predicted octanol–water partition coefficient (Wildman–Crippen LogP) is 1.74. The highest BCUT2D eigenvalue weighted by Crippen LogP contribution is 2.31. The van der Waals surface area contributed by atoms with E-state index in [-0.39, 0.29) is 5.91 Å². The second kappa shape index (κ2) is 7.57. The Morgan fingerprint density at radius 1 is 1.26 bits per heavy atom. The average Bonchev–Trinajstić information content (AvgIpc) is 2.57. The molecule has 1 saturated heterocycles. The molecule has 6 heteroatoms. The van der Waals surface area contributed by atoms with E-state index in [1.165, 1.54) is 7.11 Å². The van der Waals surface area contributed by atoms with E-state index in [1.807, 2.05) is 6.92 Å². The first-order valence-corrected chi connectivity index (χ1v) is 7.72. The number of esters is 1. The maximum absolute atomic E-state index is 12.8. The van der Waals surface area contributed by atoms with Crippen LogP contribution < -0.4 is 10.6 Å². The van der Waals surface area contributed by atoms with Crippen molar-refractivity contribution in [3.05, 3.63) is 29.3 Å². The van der Waals surface area contributed by atoms with Gasteiger partial charge in [0, 0.05) is 12.8 Å². The summed E-state index contributed by atoms with van der Waals surface area (Å²) in [4.78, 5) is 24.5. The van der Waals surface area contributed by atoms with E-state index >= 15 is 0 Å². The third kappa shape index (κ3) is 3.89. The molecule has 1 amide bonds. The molecule has 1 aliphatic heterocycles. The first-order valence-electron chi connectivity index (χ1n) is 7.72. The van der Waals surface area contributed by atoms with E-state index in [9.17, 15) is 9.59 Å². The number of ether oxygens (including phenoxy) is 2. The smallest absolute Gasteiger partial charge is 0.337 e. The van der Waals surface area contributed by atoms with Crippen LogP contribution in [0.4, 0.5) is 5.69 Å². The molecule has 2 rings (SSSR count). The van der Waals surface area contributed by atoms with Crippen LogP contribution in [0.3, 0.4) is 0 Å². The maximum atomic E-state index is 12.8. The summed E-state index contributed by atoms with van der Waals surface area (Å²) in [5, 5.41) is 6.23. The molecule has 0 bridgehead atoms. The standard InChI is InChI=1S/C17H24N2O4/c1-12-4-5-13(15(20)23-3)10-14(12)19-16(21)17(11-22-2)6-8-18-9-7-17/h4-5,10,18H,6-9,11H2,1-3H3,(H,19,21). The van der Waals surface area contributed by atoms with Crippen LogP contribution in [0.1, 0.15) is 28.8 Å². The quantitative estimate of drug-likeness (QED) is 0.808. The number of piperidine rings is 1. The summed E-state index contributed by atoms with van der Waals surface area (Å²) in [6.07, 6.45) is 1.45. The van der Waals surface area contributed by atoms with E-state index < -0.39 is 11.4 Å². The SMILES string of the molecule is COCC1(C(=O)Nc2cc(C(=O)OC)ccc2C)CCNCC1. The van der Waals surface area contributed by atoms with Gasteiger partial charge in [0.1, 0.15) is 0 Å². The van der Waals surface area contributed by atoms with Crippen molar-refractivity contribution in [3.8, 4) is 0 Å². The fourth-order valence-electron chi connectivity index (χ4n) is 2.87. The number of amides is 1. The highest BCUT2D eigenvalue weighted by atomic mass is 16.5. The zero-order valence-corrected chi connectivity index (χ0v) is 13.9. The molecule has 0 atom stereocenters. The molecule has 126 valence electrons. The molecule has 0 radical (unpaired) electrons. The number of methoxy groups -OCH3 is 2. The highest BCUT2D eigenvalue weighted by Gasteiger charge is 2.39. The van der Waals surface area contributed by atoms with Crippen molar-refractivity contribution in [2.24, 2.45) is 5.41 Å². The van der Waals surface area contributed by atoms with Crippen LogP contribution in [0.5, 0.6) is 0 Å². The third-order valence-corrected chi connectivity index (χ3v) is 4.37. The van der Waals surface area contributed by atoms with E-state index in [1.54, 1.807) is 25.3 Å². The van der Waals surface area contributed by atoms with Gasteiger partial charge in [-0.05, 0) is 50.6 Å². The Morgan fingerprint density at radius 2 is 1.96 bits per heavy atom. The van der Waals surface area contributed by atoms with Crippen LogP contribution in [0.25, 0.3) is 0 Å². The summed E-state index contributed by atoms with van der Waals surface area (Å²) in [7, 11) is 2.95. The van der Waals surface area contributed by atoms with Gasteiger partial charge >= 0.3 is 5.97 Å². The normalized spacial score (nSPS) is 16.7. The molecule has 1 aliphatic rings. The first kappa shape index (κ1) is 17.4. The van der Waals surface area contributed by atoms with Crippen LogP contribution in [0.2, 0.25) is 0 Å². The Morgan fingerprint density at radius 3 is 2.57 bits per heavy atom. The fraction of sp³-hybridized carbons (Fsp3) is 0.529. The molecule has 23 heavy (non-hydrogen) atoms. The van der Waals surface area contributed by atoms with Crippen molar-refractivity contribution in [3.63, 3.8) is 0 Å². The van der Waals surface area contributed by atoms with Crippen LogP contribution >= 0.6 is 0 Å². The number of carbonyl (C=O) groups excluding carboxylic acids is 2. The summed E-state index contributed by atoms with van der Waals surface area (Å²) >= 11 is 0. The second-order valence-corrected chi connectivity index (χ2v) is 5.94. The number of anilines is 1. The van der Waals surface area contributed by atoms with Crippen molar-refractivity contribution in [1.29, 1.82) is 0 Å². The van der Waals surface area contributed by atoms with Gasteiger partial charge in [0.25, 0.3) is 0 Å². The van der Waals surface area contributed by atoms with Gasteiger partial charge in [-0.2, -0.15) is 0 Å². The lowest BCUT2D eigenvalue weighted by molar-refractivity contribution is -0.130. The molecular weight excluding hydrogens is 296 g/mol. The van der Waals surface area contributed by atoms with E-state index in [0.717, 1.165) is 31.5 Å². The van der Waals surface area contributed by atoms with Crippen LogP contribution in [0.15, 0.2) is 18.2 Å². The Hall–Kier alpha value is -1.92. The molecule has 0 aromatic heterocycles. The molecule has 0 spiro atoms. The van der Waals surface area contributed by atoms with Crippen molar-refractivity contribution in [2.75, 3.05) is 39.2 Å². The third-order valence-electron chi connectivity index (χ3n) is 4.37. The lowest BCUT2D eigenvalue weighted by Crippen LogP contribution is -2.47. The fourth-order valence-corrected chi connectivity index (χ4v) is 2.87. The van der Waals surface area contributed by atoms with E-state index in [0.29, 0.717) is 17.9 Å². The first-order chi connectivity index (χ1) is 11.0. The predicted molar refractivity (Wildman–Crippen MR) is 87.6 cm³/mol. The van der Waals surface area contributed by atoms with E-state index in [4.69, 9.17) is 9.47 Å². The molecule has 1 fully saturated rings. The molecular formula is C17H24N2O4. The van der Waals surface area contributed by atoms with Crippen LogP contribution in [-0.2, 0) is 14.3 Å². The Kier molecular flexibility index (Phi) is 5.74. The van der Waals surface area contributed by atoms with E-state index in [2.05, 4.69) is 10.6 Å². The summed E-state index contributed by atoms with van der Waals surface area (Å²) < 4.78 is 10.0.